The van der Waals surface area contributed by atoms with Crippen LogP contribution in [0, 0.1) is 0 Å². The molecule has 0 radical (unpaired) electrons. The number of hydrogen-bond donors (Lipinski definition) is 1. The zero-order chi connectivity index (χ0) is 11.5. The molecule has 86 valence electrons. The van der Waals surface area contributed by atoms with E-state index in [1.165, 1.54) is 4.80 Å². The molecule has 0 amide bonds. The van der Waals surface area contributed by atoms with E-state index in [9.17, 15) is 0 Å². The van der Waals surface area contributed by atoms with Crippen molar-refractivity contribution < 1.29 is 4.42 Å². The van der Waals surface area contributed by atoms with Crippen molar-refractivity contribution >= 4 is 0 Å². The minimum absolute atomic E-state index is 0.218. The van der Waals surface area contributed by atoms with Gasteiger partial charge in [0.2, 0.25) is 0 Å². The Morgan fingerprint density at radius 2 is 2.31 bits per heavy atom. The summed E-state index contributed by atoms with van der Waals surface area (Å²) in [6.45, 7) is 2.04. The van der Waals surface area contributed by atoms with Gasteiger partial charge in [0.15, 0.2) is 5.82 Å². The summed E-state index contributed by atoms with van der Waals surface area (Å²) in [5.41, 5.74) is 5.99. The summed E-state index contributed by atoms with van der Waals surface area (Å²) in [5, 5.41) is 11.7. The number of furan rings is 1. The van der Waals surface area contributed by atoms with Crippen molar-refractivity contribution in [3.8, 4) is 0 Å². The van der Waals surface area contributed by atoms with E-state index in [1.54, 1.807) is 7.05 Å². The molecule has 2 aromatic heterocycles. The molecule has 0 aliphatic heterocycles. The van der Waals surface area contributed by atoms with Crippen molar-refractivity contribution in [1.82, 2.24) is 20.2 Å². The molecule has 0 saturated carbocycles. The molecule has 2 N–H and O–H groups in total. The molecule has 0 bridgehead atoms. The Morgan fingerprint density at radius 1 is 1.50 bits per heavy atom. The lowest BCUT2D eigenvalue weighted by atomic mass is 10.1. The first-order chi connectivity index (χ1) is 7.69. The van der Waals surface area contributed by atoms with Crippen LogP contribution >= 0.6 is 0 Å². The van der Waals surface area contributed by atoms with Gasteiger partial charge in [-0.15, -0.1) is 10.2 Å². The van der Waals surface area contributed by atoms with Crippen LogP contribution in [-0.2, 0) is 19.9 Å². The Balaban J connectivity index is 2.05. The Kier molecular flexibility index (Phi) is 3.00. The predicted octanol–water partition coefficient (Wildman–Crippen LogP) is 0.608. The fourth-order valence-electron chi connectivity index (χ4n) is 1.49. The standard InChI is InChI=1S/C10H15N5O/c1-3-7-4-5-9(16-7)8(11)6-10-12-14-15(2)13-10/h4-5,8H,3,6,11H2,1-2H3. The number of nitrogens with zero attached hydrogens (tertiary/aromatic N) is 4. The first kappa shape index (κ1) is 10.8. The molecule has 0 aliphatic carbocycles. The second kappa shape index (κ2) is 4.44. The molecule has 6 heteroatoms. The minimum atomic E-state index is -0.218. The maximum absolute atomic E-state index is 5.99. The molecule has 0 fully saturated rings. The largest absolute Gasteiger partial charge is 0.464 e. The van der Waals surface area contributed by atoms with Crippen LogP contribution in [0.3, 0.4) is 0 Å². The van der Waals surface area contributed by atoms with Gasteiger partial charge in [0.05, 0.1) is 13.1 Å². The maximum Gasteiger partial charge on any atom is 0.176 e. The zero-order valence-corrected chi connectivity index (χ0v) is 9.42. The Morgan fingerprint density at radius 3 is 2.88 bits per heavy atom. The van der Waals surface area contributed by atoms with Crippen LogP contribution in [0.4, 0.5) is 0 Å². The Labute approximate surface area is 93.4 Å². The van der Waals surface area contributed by atoms with E-state index in [0.717, 1.165) is 17.9 Å². The van der Waals surface area contributed by atoms with E-state index < -0.39 is 0 Å². The van der Waals surface area contributed by atoms with E-state index in [0.29, 0.717) is 12.2 Å². The zero-order valence-electron chi connectivity index (χ0n) is 9.42. The summed E-state index contributed by atoms with van der Waals surface area (Å²) in [4.78, 5) is 1.42. The Hall–Kier alpha value is -1.69. The topological polar surface area (TPSA) is 82.8 Å². The molecule has 1 atom stereocenters. The lowest BCUT2D eigenvalue weighted by Crippen LogP contribution is -2.13. The summed E-state index contributed by atoms with van der Waals surface area (Å²) < 4.78 is 5.57. The minimum Gasteiger partial charge on any atom is -0.464 e. The maximum atomic E-state index is 5.99. The highest BCUT2D eigenvalue weighted by Gasteiger charge is 2.14. The summed E-state index contributed by atoms with van der Waals surface area (Å²) in [6.07, 6.45) is 1.40. The van der Waals surface area contributed by atoms with Crippen molar-refractivity contribution in [2.45, 2.75) is 25.8 Å². The molecule has 2 heterocycles. The fourth-order valence-corrected chi connectivity index (χ4v) is 1.49. The average molecular weight is 221 g/mol. The normalized spacial score (nSPS) is 12.9. The van der Waals surface area contributed by atoms with Gasteiger partial charge in [-0.05, 0) is 17.3 Å². The molecule has 16 heavy (non-hydrogen) atoms. The molecule has 1 unspecified atom stereocenters. The molecule has 0 aromatic carbocycles. The molecule has 6 nitrogen and oxygen atoms in total. The molecular formula is C10H15N5O. The van der Waals surface area contributed by atoms with Crippen molar-refractivity contribution in [3.05, 3.63) is 29.5 Å². The van der Waals surface area contributed by atoms with Crippen LogP contribution < -0.4 is 5.73 Å². The first-order valence-corrected chi connectivity index (χ1v) is 5.26. The van der Waals surface area contributed by atoms with Gasteiger partial charge in [0.1, 0.15) is 11.5 Å². The van der Waals surface area contributed by atoms with Gasteiger partial charge in [0.25, 0.3) is 0 Å². The second-order valence-electron chi connectivity index (χ2n) is 3.66. The number of rotatable bonds is 4. The van der Waals surface area contributed by atoms with Crippen LogP contribution in [0.15, 0.2) is 16.5 Å². The van der Waals surface area contributed by atoms with Crippen molar-refractivity contribution in [2.75, 3.05) is 0 Å². The van der Waals surface area contributed by atoms with Crippen LogP contribution in [0.2, 0.25) is 0 Å². The van der Waals surface area contributed by atoms with Gasteiger partial charge in [-0.25, -0.2) is 0 Å². The third-order valence-corrected chi connectivity index (χ3v) is 2.35. The summed E-state index contributed by atoms with van der Waals surface area (Å²) in [7, 11) is 1.73. The van der Waals surface area contributed by atoms with Crippen LogP contribution in [-0.4, -0.2) is 20.2 Å². The number of nitrogens with two attached hydrogens (primary N) is 1. The molecule has 2 rings (SSSR count). The summed E-state index contributed by atoms with van der Waals surface area (Å²) in [5.74, 6) is 2.34. The third kappa shape index (κ3) is 2.27. The van der Waals surface area contributed by atoms with Gasteiger partial charge in [-0.2, -0.15) is 4.80 Å². The number of hydrogen-bond acceptors (Lipinski definition) is 5. The lowest BCUT2D eigenvalue weighted by molar-refractivity contribution is 0.431. The van der Waals surface area contributed by atoms with E-state index in [4.69, 9.17) is 10.2 Å². The van der Waals surface area contributed by atoms with Gasteiger partial charge >= 0.3 is 0 Å². The SMILES string of the molecule is CCc1ccc(C(N)Cc2nnn(C)n2)o1. The van der Waals surface area contributed by atoms with E-state index in [2.05, 4.69) is 15.4 Å². The van der Waals surface area contributed by atoms with Gasteiger partial charge in [-0.3, -0.25) is 0 Å². The van der Waals surface area contributed by atoms with Crippen LogP contribution in [0.5, 0.6) is 0 Å². The Bertz CT molecular complexity index is 461. The molecule has 0 saturated heterocycles. The number of aryl methyl sites for hydroxylation is 2. The van der Waals surface area contributed by atoms with E-state index in [-0.39, 0.29) is 6.04 Å². The molecular weight excluding hydrogens is 206 g/mol. The summed E-state index contributed by atoms with van der Waals surface area (Å²) in [6, 6.07) is 3.63. The van der Waals surface area contributed by atoms with Crippen molar-refractivity contribution in [2.24, 2.45) is 12.8 Å². The predicted molar refractivity (Wildman–Crippen MR) is 57.5 cm³/mol. The number of aromatic nitrogens is 4. The summed E-state index contributed by atoms with van der Waals surface area (Å²) >= 11 is 0. The van der Waals surface area contributed by atoms with Crippen LogP contribution in [0.1, 0.15) is 30.3 Å². The first-order valence-electron chi connectivity index (χ1n) is 5.26. The van der Waals surface area contributed by atoms with Gasteiger partial charge in [-0.1, -0.05) is 6.92 Å². The van der Waals surface area contributed by atoms with Gasteiger partial charge in [0, 0.05) is 12.8 Å². The van der Waals surface area contributed by atoms with Crippen LogP contribution in [0.25, 0.3) is 0 Å². The highest BCUT2D eigenvalue weighted by molar-refractivity contribution is 5.11. The highest BCUT2D eigenvalue weighted by Crippen LogP contribution is 2.17. The van der Waals surface area contributed by atoms with Gasteiger partial charge < -0.3 is 10.2 Å². The monoisotopic (exact) mass is 221 g/mol. The number of tetrazole rings is 1. The average Bonchev–Trinajstić information content (AvgIpc) is 2.87. The van der Waals surface area contributed by atoms with E-state index >= 15 is 0 Å². The highest BCUT2D eigenvalue weighted by atomic mass is 16.3. The third-order valence-electron chi connectivity index (χ3n) is 2.35. The lowest BCUT2D eigenvalue weighted by Gasteiger charge is -2.04. The van der Waals surface area contributed by atoms with Crippen molar-refractivity contribution in [1.29, 1.82) is 0 Å². The van der Waals surface area contributed by atoms with Crippen molar-refractivity contribution in [3.63, 3.8) is 0 Å². The quantitative estimate of drug-likeness (QED) is 0.817. The second-order valence-corrected chi connectivity index (χ2v) is 3.66. The molecule has 0 aliphatic rings. The molecule has 0 spiro atoms. The fraction of sp³-hybridized carbons (Fsp3) is 0.500. The molecule has 2 aromatic rings. The smallest absolute Gasteiger partial charge is 0.176 e. The van der Waals surface area contributed by atoms with E-state index in [1.807, 2.05) is 19.1 Å².